The molecule has 0 saturated carbocycles. The van der Waals surface area contributed by atoms with E-state index in [1.807, 2.05) is 0 Å². The van der Waals surface area contributed by atoms with Crippen molar-refractivity contribution in [2.45, 2.75) is 68.3 Å². The molecule has 2 aromatic carbocycles. The van der Waals surface area contributed by atoms with Gasteiger partial charge in [-0.3, -0.25) is 4.79 Å². The third-order valence-electron chi connectivity index (χ3n) is 7.42. The van der Waals surface area contributed by atoms with Gasteiger partial charge in [-0.25, -0.2) is 0 Å². The van der Waals surface area contributed by atoms with Crippen molar-refractivity contribution in [3.05, 3.63) is 46.6 Å². The van der Waals surface area contributed by atoms with Crippen molar-refractivity contribution < 1.29 is 69.0 Å². The summed E-state index contributed by atoms with van der Waals surface area (Å²) in [7, 11) is 1.35. The topological polar surface area (TPSA) is 238 Å². The summed E-state index contributed by atoms with van der Waals surface area (Å²) in [6.07, 6.45) is -15.4. The first kappa shape index (κ1) is 30.9. The smallest absolute Gasteiger partial charge is 0.229 e. The summed E-state index contributed by atoms with van der Waals surface area (Å²) in [5.74, 6) is -0.614. The van der Waals surface area contributed by atoms with Crippen molar-refractivity contribution in [2.75, 3.05) is 13.7 Å². The lowest BCUT2D eigenvalue weighted by molar-refractivity contribution is -0.354. The highest BCUT2D eigenvalue weighted by atomic mass is 16.8. The minimum absolute atomic E-state index is 0.0691. The molecule has 3 aromatic rings. The third kappa shape index (κ3) is 5.86. The zero-order valence-electron chi connectivity index (χ0n) is 22.9. The largest absolute Gasteiger partial charge is 0.507 e. The molecule has 3 heterocycles. The number of ether oxygens (including phenoxy) is 5. The second-order valence-electron chi connectivity index (χ2n) is 10.3. The van der Waals surface area contributed by atoms with Crippen LogP contribution in [0.1, 0.15) is 6.92 Å². The number of aromatic hydroxyl groups is 2. The molecule has 234 valence electrons. The van der Waals surface area contributed by atoms with Crippen LogP contribution in [-0.2, 0) is 14.2 Å². The molecule has 2 saturated heterocycles. The Morgan fingerprint density at radius 1 is 0.837 bits per heavy atom. The molecule has 43 heavy (non-hydrogen) atoms. The van der Waals surface area contributed by atoms with Gasteiger partial charge in [-0.2, -0.15) is 0 Å². The van der Waals surface area contributed by atoms with Crippen molar-refractivity contribution in [3.8, 4) is 34.3 Å². The number of rotatable bonds is 7. The van der Waals surface area contributed by atoms with Crippen LogP contribution in [0.4, 0.5) is 0 Å². The van der Waals surface area contributed by atoms with Gasteiger partial charge in [-0.1, -0.05) is 0 Å². The number of benzene rings is 2. The molecule has 2 aliphatic rings. The maximum atomic E-state index is 12.9. The molecule has 15 heteroatoms. The Morgan fingerprint density at radius 3 is 2.28 bits per heavy atom. The molecular formula is C28H32O15. The van der Waals surface area contributed by atoms with Crippen LogP contribution in [0.25, 0.3) is 22.3 Å². The molecule has 8 N–H and O–H groups in total. The van der Waals surface area contributed by atoms with Crippen LogP contribution in [0.5, 0.6) is 23.0 Å². The van der Waals surface area contributed by atoms with Gasteiger partial charge in [0.1, 0.15) is 64.9 Å². The normalized spacial score (nSPS) is 32.9. The second kappa shape index (κ2) is 12.2. The Bertz CT molecular complexity index is 1510. The summed E-state index contributed by atoms with van der Waals surface area (Å²) in [5, 5.41) is 82.0. The van der Waals surface area contributed by atoms with Gasteiger partial charge in [-0.15, -0.1) is 0 Å². The van der Waals surface area contributed by atoms with E-state index >= 15 is 0 Å². The van der Waals surface area contributed by atoms with Gasteiger partial charge in [0.15, 0.2) is 29.3 Å². The molecule has 5 rings (SSSR count). The van der Waals surface area contributed by atoms with Gasteiger partial charge in [0.2, 0.25) is 6.29 Å². The summed E-state index contributed by atoms with van der Waals surface area (Å²) in [6, 6.07) is 7.74. The average molecular weight is 609 g/mol. The van der Waals surface area contributed by atoms with Gasteiger partial charge < -0.3 is 69.0 Å². The molecule has 0 aliphatic carbocycles. The maximum absolute atomic E-state index is 12.9. The van der Waals surface area contributed by atoms with E-state index in [1.165, 1.54) is 38.3 Å². The Labute approximate surface area is 243 Å². The molecule has 0 bridgehead atoms. The number of methoxy groups -OCH3 is 1. The number of aliphatic hydroxyl groups excluding tert-OH is 6. The van der Waals surface area contributed by atoms with Crippen LogP contribution in [-0.4, -0.2) is 116 Å². The minimum Gasteiger partial charge on any atom is -0.507 e. The lowest BCUT2D eigenvalue weighted by atomic mass is 9.97. The first-order valence-corrected chi connectivity index (χ1v) is 13.3. The summed E-state index contributed by atoms with van der Waals surface area (Å²) < 4.78 is 33.6. The summed E-state index contributed by atoms with van der Waals surface area (Å²) in [6.45, 7) is 0.690. The third-order valence-corrected chi connectivity index (χ3v) is 7.42. The van der Waals surface area contributed by atoms with Gasteiger partial charge in [0, 0.05) is 23.8 Å². The predicted octanol–water partition coefficient (Wildman–Crippen LogP) is -1.09. The van der Waals surface area contributed by atoms with Crippen molar-refractivity contribution in [1.82, 2.24) is 0 Å². The van der Waals surface area contributed by atoms with Crippen LogP contribution in [0.15, 0.2) is 45.6 Å². The highest BCUT2D eigenvalue weighted by molar-refractivity contribution is 5.86. The van der Waals surface area contributed by atoms with Crippen LogP contribution in [0, 0.1) is 0 Å². The van der Waals surface area contributed by atoms with E-state index < -0.39 is 79.2 Å². The summed E-state index contributed by atoms with van der Waals surface area (Å²) in [5.41, 5.74) is -0.340. The van der Waals surface area contributed by atoms with Crippen LogP contribution >= 0.6 is 0 Å². The fourth-order valence-corrected chi connectivity index (χ4v) is 5.00. The van der Waals surface area contributed by atoms with Gasteiger partial charge in [0.05, 0.1) is 19.8 Å². The fraction of sp³-hybridized carbons (Fsp3) is 0.464. The Hall–Kier alpha value is -3.51. The summed E-state index contributed by atoms with van der Waals surface area (Å²) >= 11 is 0. The monoisotopic (exact) mass is 608 g/mol. The fourth-order valence-electron chi connectivity index (χ4n) is 5.00. The quantitative estimate of drug-likeness (QED) is 0.159. The second-order valence-corrected chi connectivity index (χ2v) is 10.3. The standard InChI is InChI=1S/C28H32O15/c1-10-21(33)23(35)25(37)27(39-10)43-26-24(36)22(34)19(9-29)42-28(26)40-12-6-14(31)20-15(32)8-16(41-18(20)7-12)11-3-4-13(30)17(5-11)38-2/h3-8,10,19,21-31,33-37H,9H2,1-2H3/t10?,19?,21-,22+,23?,24-,25-,26?,27-,28+/m0/s1. The molecule has 2 aliphatic heterocycles. The van der Waals surface area contributed by atoms with E-state index in [2.05, 4.69) is 0 Å². The van der Waals surface area contributed by atoms with Crippen molar-refractivity contribution in [3.63, 3.8) is 0 Å². The molecule has 10 atom stereocenters. The van der Waals surface area contributed by atoms with E-state index in [4.69, 9.17) is 28.1 Å². The number of hydrogen-bond donors (Lipinski definition) is 8. The zero-order chi connectivity index (χ0) is 31.2. The lowest BCUT2D eigenvalue weighted by Crippen LogP contribution is -2.64. The van der Waals surface area contributed by atoms with Gasteiger partial charge >= 0.3 is 0 Å². The Balaban J connectivity index is 1.49. The predicted molar refractivity (Wildman–Crippen MR) is 143 cm³/mol. The number of hydrogen-bond acceptors (Lipinski definition) is 15. The maximum Gasteiger partial charge on any atom is 0.229 e. The van der Waals surface area contributed by atoms with E-state index in [0.29, 0.717) is 5.56 Å². The molecule has 0 spiro atoms. The van der Waals surface area contributed by atoms with E-state index in [9.17, 15) is 45.6 Å². The Morgan fingerprint density at radius 2 is 1.58 bits per heavy atom. The number of fused-ring (bicyclic) bond motifs is 1. The van der Waals surface area contributed by atoms with Crippen LogP contribution in [0.2, 0.25) is 0 Å². The zero-order valence-corrected chi connectivity index (χ0v) is 22.9. The molecule has 15 nitrogen and oxygen atoms in total. The highest BCUT2D eigenvalue weighted by Crippen LogP contribution is 2.36. The van der Waals surface area contributed by atoms with E-state index in [1.54, 1.807) is 0 Å². The molecule has 1 aromatic heterocycles. The van der Waals surface area contributed by atoms with Gasteiger partial charge in [0.25, 0.3) is 0 Å². The molecule has 0 amide bonds. The van der Waals surface area contributed by atoms with Crippen molar-refractivity contribution in [1.29, 1.82) is 0 Å². The van der Waals surface area contributed by atoms with E-state index in [-0.39, 0.29) is 34.0 Å². The van der Waals surface area contributed by atoms with Crippen LogP contribution < -0.4 is 14.9 Å². The highest BCUT2D eigenvalue weighted by Gasteiger charge is 2.50. The lowest BCUT2D eigenvalue weighted by Gasteiger charge is -2.45. The SMILES string of the molecule is COc1cc(-c2cc(=O)c3c(O)cc(O[C@@H]4OC(CO)[C@@H](O)[C@H](O)C4O[C@@H]4OC(C)[C@H](O)C(O)[C@@H]4O)cc3o2)ccc1O. The first-order valence-electron chi connectivity index (χ1n) is 13.3. The first-order chi connectivity index (χ1) is 20.4. The number of aliphatic hydroxyl groups is 6. The van der Waals surface area contributed by atoms with Gasteiger partial charge in [-0.05, 0) is 25.1 Å². The molecule has 0 radical (unpaired) electrons. The summed E-state index contributed by atoms with van der Waals surface area (Å²) in [4.78, 5) is 12.9. The van der Waals surface area contributed by atoms with Crippen LogP contribution in [0.3, 0.4) is 0 Å². The molecule has 4 unspecified atom stereocenters. The van der Waals surface area contributed by atoms with Crippen molar-refractivity contribution >= 4 is 11.0 Å². The number of phenols is 2. The molecule has 2 fully saturated rings. The molecular weight excluding hydrogens is 576 g/mol. The minimum atomic E-state index is -1.77. The number of phenolic OH excluding ortho intramolecular Hbond substituents is 2. The average Bonchev–Trinajstić information content (AvgIpc) is 2.97. The van der Waals surface area contributed by atoms with E-state index in [0.717, 1.165) is 12.1 Å². The van der Waals surface area contributed by atoms with Crippen molar-refractivity contribution in [2.24, 2.45) is 0 Å². The Kier molecular flexibility index (Phi) is 8.80.